The average Bonchev–Trinajstić information content (AvgIpc) is 2.63. The van der Waals surface area contributed by atoms with Crippen molar-refractivity contribution in [3.05, 3.63) is 33.0 Å². The minimum atomic E-state index is 0.497. The van der Waals surface area contributed by atoms with E-state index in [0.29, 0.717) is 5.15 Å². The summed E-state index contributed by atoms with van der Waals surface area (Å²) in [5.74, 6) is 0.776. The van der Waals surface area contributed by atoms with Crippen LogP contribution in [0, 0.1) is 0 Å². The van der Waals surface area contributed by atoms with E-state index in [4.69, 9.17) is 11.6 Å². The summed E-state index contributed by atoms with van der Waals surface area (Å²) >= 11 is 11.1. The van der Waals surface area contributed by atoms with Crippen LogP contribution in [-0.4, -0.2) is 9.97 Å². The number of thiophene rings is 1. The molecule has 0 unspecified atom stereocenters. The topological polar surface area (TPSA) is 25.8 Å². The van der Waals surface area contributed by atoms with Gasteiger partial charge in [-0.3, -0.25) is 0 Å². The fourth-order valence-corrected chi connectivity index (χ4v) is 2.95. The van der Waals surface area contributed by atoms with Gasteiger partial charge in [-0.15, -0.1) is 11.3 Å². The number of aryl methyl sites for hydroxylation is 1. The van der Waals surface area contributed by atoms with E-state index in [1.807, 2.05) is 18.4 Å². The molecule has 0 N–H and O–H groups in total. The van der Waals surface area contributed by atoms with Gasteiger partial charge in [-0.25, -0.2) is 9.97 Å². The lowest BCUT2D eigenvalue weighted by atomic mass is 10.3. The summed E-state index contributed by atoms with van der Waals surface area (Å²) in [7, 11) is 0. The van der Waals surface area contributed by atoms with E-state index in [1.165, 1.54) is 0 Å². The van der Waals surface area contributed by atoms with Crippen molar-refractivity contribution in [3.63, 3.8) is 0 Å². The van der Waals surface area contributed by atoms with Gasteiger partial charge >= 0.3 is 0 Å². The van der Waals surface area contributed by atoms with E-state index in [0.717, 1.165) is 27.3 Å². The van der Waals surface area contributed by atoms with Crippen molar-refractivity contribution in [2.75, 3.05) is 0 Å². The molecule has 0 aromatic carbocycles. The van der Waals surface area contributed by atoms with Crippen LogP contribution in [0.3, 0.4) is 0 Å². The lowest BCUT2D eigenvalue weighted by molar-refractivity contribution is 0.944. The lowest BCUT2D eigenvalue weighted by Crippen LogP contribution is -1.94. The van der Waals surface area contributed by atoms with Gasteiger partial charge in [0.05, 0.1) is 10.6 Å². The van der Waals surface area contributed by atoms with Gasteiger partial charge in [0.25, 0.3) is 0 Å². The molecular weight excluding hydrogens is 296 g/mol. The van der Waals surface area contributed by atoms with Crippen LogP contribution in [0.2, 0.25) is 5.15 Å². The van der Waals surface area contributed by atoms with Crippen LogP contribution in [0.25, 0.3) is 10.6 Å². The van der Waals surface area contributed by atoms with E-state index in [-0.39, 0.29) is 0 Å². The van der Waals surface area contributed by atoms with Crippen molar-refractivity contribution in [3.8, 4) is 10.6 Å². The van der Waals surface area contributed by atoms with Gasteiger partial charge in [-0.05, 0) is 27.4 Å². The molecule has 0 amide bonds. The van der Waals surface area contributed by atoms with Gasteiger partial charge in [-0.2, -0.15) is 0 Å². The predicted octanol–water partition coefficient (Wildman–Crippen LogP) is 4.18. The van der Waals surface area contributed by atoms with Crippen LogP contribution >= 0.6 is 38.9 Å². The van der Waals surface area contributed by atoms with Crippen molar-refractivity contribution >= 4 is 38.9 Å². The molecule has 2 nitrogen and oxygen atoms in total. The minimum Gasteiger partial charge on any atom is -0.232 e. The Morgan fingerprint density at radius 1 is 1.47 bits per heavy atom. The maximum absolute atomic E-state index is 5.94. The zero-order valence-corrected chi connectivity index (χ0v) is 11.2. The summed E-state index contributed by atoms with van der Waals surface area (Å²) < 4.78 is 1.05. The van der Waals surface area contributed by atoms with E-state index in [1.54, 1.807) is 17.4 Å². The number of halogens is 2. The van der Waals surface area contributed by atoms with Gasteiger partial charge in [0.15, 0.2) is 0 Å². The number of aromatic nitrogens is 2. The molecule has 2 heterocycles. The number of hydrogen-bond acceptors (Lipinski definition) is 3. The Morgan fingerprint density at radius 3 is 2.87 bits per heavy atom. The molecule has 0 spiro atoms. The van der Waals surface area contributed by atoms with Crippen LogP contribution in [0.1, 0.15) is 12.7 Å². The zero-order valence-electron chi connectivity index (χ0n) is 8.00. The molecule has 15 heavy (non-hydrogen) atoms. The minimum absolute atomic E-state index is 0.497. The summed E-state index contributed by atoms with van der Waals surface area (Å²) in [6.45, 7) is 2.01. The van der Waals surface area contributed by atoms with Crippen molar-refractivity contribution in [2.45, 2.75) is 13.3 Å². The van der Waals surface area contributed by atoms with Crippen LogP contribution in [0.15, 0.2) is 22.0 Å². The molecule has 0 saturated heterocycles. The monoisotopic (exact) mass is 302 g/mol. The highest BCUT2D eigenvalue weighted by Crippen LogP contribution is 2.33. The fourth-order valence-electron chi connectivity index (χ4n) is 1.22. The number of rotatable bonds is 2. The van der Waals surface area contributed by atoms with Crippen LogP contribution in [0.5, 0.6) is 0 Å². The first kappa shape index (κ1) is 11.0. The molecule has 0 aliphatic rings. The molecule has 2 rings (SSSR count). The molecule has 5 heteroatoms. The van der Waals surface area contributed by atoms with E-state index < -0.39 is 0 Å². The molecule has 0 fully saturated rings. The van der Waals surface area contributed by atoms with Gasteiger partial charge in [-0.1, -0.05) is 18.5 Å². The Bertz CT molecular complexity index is 484. The largest absolute Gasteiger partial charge is 0.232 e. The highest BCUT2D eigenvalue weighted by Gasteiger charge is 2.08. The third kappa shape index (κ3) is 2.38. The average molecular weight is 304 g/mol. The predicted molar refractivity (Wildman–Crippen MR) is 67.4 cm³/mol. The van der Waals surface area contributed by atoms with Crippen molar-refractivity contribution < 1.29 is 0 Å². The Morgan fingerprint density at radius 2 is 2.27 bits per heavy atom. The maximum Gasteiger partial charge on any atom is 0.133 e. The van der Waals surface area contributed by atoms with Crippen LogP contribution < -0.4 is 0 Å². The summed E-state index contributed by atoms with van der Waals surface area (Å²) in [5.41, 5.74) is 0.883. The second-order valence-electron chi connectivity index (χ2n) is 2.94. The molecule has 0 atom stereocenters. The molecule has 2 aromatic heterocycles. The van der Waals surface area contributed by atoms with E-state index in [2.05, 4.69) is 25.9 Å². The standard InChI is InChI=1S/C10H8BrClN2S/c1-2-9-13-7(5-8(12)14-9)10-6(11)3-4-15-10/h3-5H,2H2,1H3. The first-order valence-corrected chi connectivity index (χ1v) is 6.52. The highest BCUT2D eigenvalue weighted by atomic mass is 79.9. The molecule has 0 aliphatic heterocycles. The first-order valence-electron chi connectivity index (χ1n) is 4.47. The maximum atomic E-state index is 5.94. The summed E-state index contributed by atoms with van der Waals surface area (Å²) in [6, 6.07) is 3.79. The smallest absolute Gasteiger partial charge is 0.133 e. The summed E-state index contributed by atoms with van der Waals surface area (Å²) in [4.78, 5) is 9.67. The zero-order chi connectivity index (χ0) is 10.8. The lowest BCUT2D eigenvalue weighted by Gasteiger charge is -2.02. The highest BCUT2D eigenvalue weighted by molar-refractivity contribution is 9.10. The van der Waals surface area contributed by atoms with E-state index in [9.17, 15) is 0 Å². The Kier molecular flexibility index (Phi) is 3.38. The quantitative estimate of drug-likeness (QED) is 0.778. The molecule has 78 valence electrons. The van der Waals surface area contributed by atoms with Crippen molar-refractivity contribution in [1.29, 1.82) is 0 Å². The summed E-state index contributed by atoms with van der Waals surface area (Å²) in [5, 5.41) is 2.51. The normalized spacial score (nSPS) is 10.6. The van der Waals surface area contributed by atoms with Crippen molar-refractivity contribution in [2.24, 2.45) is 0 Å². The van der Waals surface area contributed by atoms with Crippen LogP contribution in [0.4, 0.5) is 0 Å². The summed E-state index contributed by atoms with van der Waals surface area (Å²) in [6.07, 6.45) is 0.788. The Labute approximate surface area is 105 Å². The van der Waals surface area contributed by atoms with Gasteiger partial charge < -0.3 is 0 Å². The van der Waals surface area contributed by atoms with Gasteiger partial charge in [0, 0.05) is 17.0 Å². The molecule has 0 radical (unpaired) electrons. The van der Waals surface area contributed by atoms with Gasteiger partial charge in [0.1, 0.15) is 11.0 Å². The second-order valence-corrected chi connectivity index (χ2v) is 5.10. The molecule has 0 aliphatic carbocycles. The van der Waals surface area contributed by atoms with Gasteiger partial charge in [0.2, 0.25) is 0 Å². The van der Waals surface area contributed by atoms with Crippen molar-refractivity contribution in [1.82, 2.24) is 9.97 Å². The van der Waals surface area contributed by atoms with E-state index >= 15 is 0 Å². The fraction of sp³-hybridized carbons (Fsp3) is 0.200. The number of hydrogen-bond donors (Lipinski definition) is 0. The first-order chi connectivity index (χ1) is 7.20. The molecular formula is C10H8BrClN2S. The molecule has 2 aromatic rings. The van der Waals surface area contributed by atoms with Crippen LogP contribution in [-0.2, 0) is 6.42 Å². The molecule has 0 saturated carbocycles. The third-order valence-electron chi connectivity index (χ3n) is 1.91. The third-order valence-corrected chi connectivity index (χ3v) is 3.96. The number of nitrogens with zero attached hydrogens (tertiary/aromatic N) is 2. The molecule has 0 bridgehead atoms. The SMILES string of the molecule is CCc1nc(Cl)cc(-c2sccc2Br)n1. The Hall–Kier alpha value is -0.450. The second kappa shape index (κ2) is 4.60. The Balaban J connectivity index is 2.53.